The SMILES string of the molecule is CCCCCCCCc1ccc(C(O)C(C)C[N+](C)(C)CC=Cc2ccccc2)cc1. The fourth-order valence-electron chi connectivity index (χ4n) is 4.31. The van der Waals surface area contributed by atoms with Crippen LogP contribution in [0, 0.1) is 5.92 Å². The van der Waals surface area contributed by atoms with Crippen molar-refractivity contribution in [1.29, 1.82) is 0 Å². The van der Waals surface area contributed by atoms with Crippen LogP contribution < -0.4 is 0 Å². The lowest BCUT2D eigenvalue weighted by Crippen LogP contribution is -2.44. The number of nitrogens with zero attached hydrogens (tertiary/aromatic N) is 1. The van der Waals surface area contributed by atoms with Gasteiger partial charge in [0, 0.05) is 5.92 Å². The Morgan fingerprint density at radius 1 is 0.871 bits per heavy atom. The van der Waals surface area contributed by atoms with E-state index in [-0.39, 0.29) is 5.92 Å². The van der Waals surface area contributed by atoms with Gasteiger partial charge in [-0.05, 0) is 35.6 Å². The molecule has 0 bridgehead atoms. The van der Waals surface area contributed by atoms with Crippen LogP contribution >= 0.6 is 0 Å². The average molecular weight is 423 g/mol. The molecule has 0 radical (unpaired) electrons. The van der Waals surface area contributed by atoms with Crippen LogP contribution in [0.15, 0.2) is 60.7 Å². The zero-order chi connectivity index (χ0) is 22.5. The zero-order valence-electron chi connectivity index (χ0n) is 20.3. The second-order valence-electron chi connectivity index (χ2n) is 9.80. The number of quaternary nitrogens is 1. The van der Waals surface area contributed by atoms with Crippen molar-refractivity contribution in [2.45, 2.75) is 64.9 Å². The molecule has 0 aliphatic carbocycles. The van der Waals surface area contributed by atoms with Gasteiger partial charge in [0.25, 0.3) is 0 Å². The summed E-state index contributed by atoms with van der Waals surface area (Å²) in [5.74, 6) is 0.199. The predicted molar refractivity (Wildman–Crippen MR) is 135 cm³/mol. The minimum atomic E-state index is -0.418. The summed E-state index contributed by atoms with van der Waals surface area (Å²) in [6.45, 7) is 6.30. The summed E-state index contributed by atoms with van der Waals surface area (Å²) in [5, 5.41) is 10.9. The van der Waals surface area contributed by atoms with E-state index in [2.05, 4.69) is 88.6 Å². The molecule has 0 fully saturated rings. The Labute approximate surface area is 191 Å². The Morgan fingerprint density at radius 3 is 2.19 bits per heavy atom. The van der Waals surface area contributed by atoms with Crippen LogP contribution in [0.4, 0.5) is 0 Å². The summed E-state index contributed by atoms with van der Waals surface area (Å²) in [7, 11) is 4.48. The van der Waals surface area contributed by atoms with E-state index in [1.165, 1.54) is 49.7 Å². The van der Waals surface area contributed by atoms with E-state index in [1.54, 1.807) is 0 Å². The molecule has 170 valence electrons. The molecular weight excluding hydrogens is 378 g/mol. The van der Waals surface area contributed by atoms with Crippen molar-refractivity contribution in [3.05, 3.63) is 77.4 Å². The Morgan fingerprint density at radius 2 is 1.52 bits per heavy atom. The van der Waals surface area contributed by atoms with Gasteiger partial charge in [0.15, 0.2) is 0 Å². The van der Waals surface area contributed by atoms with Gasteiger partial charge in [-0.1, -0.05) is 107 Å². The van der Waals surface area contributed by atoms with Crippen LogP contribution in [0.3, 0.4) is 0 Å². The minimum absolute atomic E-state index is 0.199. The van der Waals surface area contributed by atoms with E-state index < -0.39 is 6.10 Å². The minimum Gasteiger partial charge on any atom is -0.388 e. The van der Waals surface area contributed by atoms with Gasteiger partial charge in [-0.25, -0.2) is 0 Å². The number of hydrogen-bond donors (Lipinski definition) is 1. The first-order chi connectivity index (χ1) is 14.9. The maximum Gasteiger partial charge on any atom is 0.0972 e. The first-order valence-electron chi connectivity index (χ1n) is 12.2. The average Bonchev–Trinajstić information content (AvgIpc) is 2.76. The standard InChI is InChI=1S/C29H44NO/c1-5-6-7-8-9-11-17-27-19-21-28(22-20-27)29(31)25(2)24-30(3,4)23-14-18-26-15-12-10-13-16-26/h10,12-16,18-22,25,29,31H,5-9,11,17,23-24H2,1-4H3/q+1. The number of aliphatic hydroxyl groups is 1. The first kappa shape index (κ1) is 25.4. The molecular formula is C29H44NO+. The maximum absolute atomic E-state index is 10.9. The van der Waals surface area contributed by atoms with Crippen molar-refractivity contribution in [3.63, 3.8) is 0 Å². The lowest BCUT2D eigenvalue weighted by molar-refractivity contribution is -0.888. The largest absolute Gasteiger partial charge is 0.388 e. The molecule has 0 saturated heterocycles. The van der Waals surface area contributed by atoms with Crippen molar-refractivity contribution in [2.24, 2.45) is 5.92 Å². The van der Waals surface area contributed by atoms with Crippen molar-refractivity contribution < 1.29 is 9.59 Å². The molecule has 0 aliphatic rings. The molecule has 31 heavy (non-hydrogen) atoms. The highest BCUT2D eigenvalue weighted by atomic mass is 16.3. The summed E-state index contributed by atoms with van der Waals surface area (Å²) >= 11 is 0. The predicted octanol–water partition coefficient (Wildman–Crippen LogP) is 7.05. The summed E-state index contributed by atoms with van der Waals surface area (Å²) in [6.07, 6.45) is 13.2. The molecule has 0 aromatic heterocycles. The second kappa shape index (κ2) is 13.5. The Hall–Kier alpha value is -1.90. The van der Waals surface area contributed by atoms with Crippen molar-refractivity contribution in [3.8, 4) is 0 Å². The summed E-state index contributed by atoms with van der Waals surface area (Å²) < 4.78 is 0.859. The third kappa shape index (κ3) is 9.84. The van der Waals surface area contributed by atoms with Gasteiger partial charge in [-0.15, -0.1) is 0 Å². The number of aliphatic hydroxyl groups excluding tert-OH is 1. The van der Waals surface area contributed by atoms with Gasteiger partial charge in [-0.3, -0.25) is 0 Å². The number of likely N-dealkylation sites (N-methyl/N-ethyl adjacent to an activating group) is 1. The third-order valence-electron chi connectivity index (χ3n) is 6.17. The van der Waals surface area contributed by atoms with Crippen molar-refractivity contribution >= 4 is 6.08 Å². The fraction of sp³-hybridized carbons (Fsp3) is 0.517. The van der Waals surface area contributed by atoms with Gasteiger partial charge < -0.3 is 9.59 Å². The Bertz CT molecular complexity index is 748. The molecule has 0 spiro atoms. The van der Waals surface area contributed by atoms with E-state index >= 15 is 0 Å². The number of aryl methyl sites for hydroxylation is 1. The van der Waals surface area contributed by atoms with E-state index in [9.17, 15) is 5.11 Å². The molecule has 1 N–H and O–H groups in total. The first-order valence-corrected chi connectivity index (χ1v) is 12.2. The maximum atomic E-state index is 10.9. The topological polar surface area (TPSA) is 20.2 Å². The zero-order valence-corrected chi connectivity index (χ0v) is 20.3. The van der Waals surface area contributed by atoms with Crippen LogP contribution in [-0.2, 0) is 6.42 Å². The molecule has 2 atom stereocenters. The van der Waals surface area contributed by atoms with Crippen molar-refractivity contribution in [2.75, 3.05) is 27.2 Å². The van der Waals surface area contributed by atoms with Crippen LogP contribution in [0.25, 0.3) is 6.08 Å². The molecule has 2 unspecified atom stereocenters. The lowest BCUT2D eigenvalue weighted by Gasteiger charge is -2.33. The Balaban J connectivity index is 1.79. The van der Waals surface area contributed by atoms with Crippen LogP contribution in [0.1, 0.15) is 75.2 Å². The van der Waals surface area contributed by atoms with Crippen LogP contribution in [0.2, 0.25) is 0 Å². The van der Waals surface area contributed by atoms with Gasteiger partial charge in [0.1, 0.15) is 0 Å². The van der Waals surface area contributed by atoms with E-state index in [4.69, 9.17) is 0 Å². The van der Waals surface area contributed by atoms with Crippen molar-refractivity contribution in [1.82, 2.24) is 0 Å². The third-order valence-corrected chi connectivity index (χ3v) is 6.17. The van der Waals surface area contributed by atoms with Gasteiger partial charge >= 0.3 is 0 Å². The number of unbranched alkanes of at least 4 members (excludes halogenated alkanes) is 5. The van der Waals surface area contributed by atoms with E-state index in [0.717, 1.165) is 29.6 Å². The number of benzene rings is 2. The highest BCUT2D eigenvalue weighted by molar-refractivity contribution is 5.48. The fourth-order valence-corrected chi connectivity index (χ4v) is 4.31. The quantitative estimate of drug-likeness (QED) is 0.255. The molecule has 2 aromatic rings. The molecule has 2 rings (SSSR count). The summed E-state index contributed by atoms with van der Waals surface area (Å²) in [5.41, 5.74) is 3.66. The van der Waals surface area contributed by atoms with E-state index in [0.29, 0.717) is 0 Å². The molecule has 2 nitrogen and oxygen atoms in total. The molecule has 0 amide bonds. The number of hydrogen-bond acceptors (Lipinski definition) is 1. The molecule has 0 heterocycles. The van der Waals surface area contributed by atoms with Crippen LogP contribution in [-0.4, -0.2) is 36.8 Å². The van der Waals surface area contributed by atoms with Gasteiger partial charge in [0.05, 0.1) is 33.3 Å². The highest BCUT2D eigenvalue weighted by Gasteiger charge is 2.24. The Kier molecular flexibility index (Phi) is 11.0. The summed E-state index contributed by atoms with van der Waals surface area (Å²) in [6, 6.07) is 19.1. The molecule has 2 heteroatoms. The van der Waals surface area contributed by atoms with Gasteiger partial charge in [0.2, 0.25) is 0 Å². The highest BCUT2D eigenvalue weighted by Crippen LogP contribution is 2.25. The normalized spacial score (nSPS) is 14.1. The molecule has 0 saturated carbocycles. The smallest absolute Gasteiger partial charge is 0.0972 e. The molecule has 2 aromatic carbocycles. The monoisotopic (exact) mass is 422 g/mol. The lowest BCUT2D eigenvalue weighted by atomic mass is 9.94. The molecule has 0 aliphatic heterocycles. The van der Waals surface area contributed by atoms with Gasteiger partial charge in [-0.2, -0.15) is 0 Å². The summed E-state index contributed by atoms with van der Waals surface area (Å²) in [4.78, 5) is 0. The second-order valence-corrected chi connectivity index (χ2v) is 9.80. The van der Waals surface area contributed by atoms with Crippen LogP contribution in [0.5, 0.6) is 0 Å². The number of rotatable bonds is 14. The van der Waals surface area contributed by atoms with E-state index in [1.807, 2.05) is 6.07 Å².